The molecule has 0 saturated carbocycles. The Hall–Kier alpha value is -2.81. The Bertz CT molecular complexity index is 711. The van der Waals surface area contributed by atoms with Crippen LogP contribution in [0, 0.1) is 5.82 Å². The maximum Gasteiger partial charge on any atom is 0.245 e. The average molecular weight is 261 g/mol. The van der Waals surface area contributed by atoms with E-state index in [4.69, 9.17) is 5.84 Å². The summed E-state index contributed by atoms with van der Waals surface area (Å²) in [4.78, 5) is 8.21. The topological polar surface area (TPSA) is 115 Å². The van der Waals surface area contributed by atoms with Crippen molar-refractivity contribution in [1.29, 1.82) is 0 Å². The van der Waals surface area contributed by atoms with Crippen molar-refractivity contribution in [3.63, 3.8) is 0 Å². The molecule has 2 heterocycles. The van der Waals surface area contributed by atoms with Crippen molar-refractivity contribution in [1.82, 2.24) is 20.3 Å². The molecular weight excluding hydrogens is 253 g/mol. The van der Waals surface area contributed by atoms with Gasteiger partial charge in [0.25, 0.3) is 0 Å². The maximum atomic E-state index is 12.8. The van der Waals surface area contributed by atoms with Gasteiger partial charge in [0.15, 0.2) is 11.6 Å². The van der Waals surface area contributed by atoms with Crippen LogP contribution in [0.15, 0.2) is 28.9 Å². The molecule has 9 heteroatoms. The number of nitrogens with one attached hydrogen (secondary N) is 2. The first kappa shape index (κ1) is 11.3. The molecule has 8 nitrogen and oxygen atoms in total. The third-order valence-corrected chi connectivity index (χ3v) is 2.36. The molecule has 0 atom stereocenters. The van der Waals surface area contributed by atoms with E-state index < -0.39 is 0 Å². The van der Waals surface area contributed by atoms with E-state index in [1.807, 2.05) is 0 Å². The van der Waals surface area contributed by atoms with Crippen molar-refractivity contribution in [3.8, 4) is 0 Å². The van der Waals surface area contributed by atoms with E-state index in [0.717, 1.165) is 0 Å². The molecule has 3 rings (SSSR count). The molecule has 1 aromatic carbocycles. The number of rotatable bonds is 3. The van der Waals surface area contributed by atoms with Crippen LogP contribution in [0.2, 0.25) is 0 Å². The van der Waals surface area contributed by atoms with Crippen LogP contribution in [-0.2, 0) is 0 Å². The maximum absolute atomic E-state index is 12.8. The number of fused-ring (bicyclic) bond motifs is 1. The summed E-state index contributed by atoms with van der Waals surface area (Å²) < 4.78 is 17.3. The Morgan fingerprint density at radius 1 is 1.00 bits per heavy atom. The first-order valence-electron chi connectivity index (χ1n) is 5.26. The van der Waals surface area contributed by atoms with E-state index >= 15 is 0 Å². The van der Waals surface area contributed by atoms with E-state index in [0.29, 0.717) is 11.5 Å². The molecule has 3 aromatic rings. The van der Waals surface area contributed by atoms with Crippen LogP contribution in [0.25, 0.3) is 11.3 Å². The Labute approximate surface area is 105 Å². The molecule has 0 amide bonds. The second kappa shape index (κ2) is 4.46. The van der Waals surface area contributed by atoms with Crippen molar-refractivity contribution in [2.45, 2.75) is 0 Å². The highest BCUT2D eigenvalue weighted by molar-refractivity contribution is 5.75. The van der Waals surface area contributed by atoms with Gasteiger partial charge in [-0.25, -0.2) is 19.8 Å². The lowest BCUT2D eigenvalue weighted by Gasteiger charge is -2.08. The number of benzene rings is 1. The van der Waals surface area contributed by atoms with Crippen molar-refractivity contribution in [2.75, 3.05) is 10.7 Å². The highest BCUT2D eigenvalue weighted by Crippen LogP contribution is 2.22. The zero-order chi connectivity index (χ0) is 13.2. The summed E-state index contributed by atoms with van der Waals surface area (Å²) in [5.74, 6) is 5.63. The van der Waals surface area contributed by atoms with E-state index in [-0.39, 0.29) is 22.9 Å². The molecule has 0 spiro atoms. The minimum absolute atomic E-state index is 0.234. The summed E-state index contributed by atoms with van der Waals surface area (Å²) in [6, 6.07) is 5.76. The van der Waals surface area contributed by atoms with E-state index in [1.54, 1.807) is 12.1 Å². The SMILES string of the molecule is NNc1nc2nonc2nc1Nc1ccc(F)cc1. The Kier molecular flexibility index (Phi) is 2.65. The van der Waals surface area contributed by atoms with E-state index in [1.165, 1.54) is 12.1 Å². The normalized spacial score (nSPS) is 10.6. The number of hydrogen-bond donors (Lipinski definition) is 3. The monoisotopic (exact) mass is 261 g/mol. The van der Waals surface area contributed by atoms with Gasteiger partial charge in [0.2, 0.25) is 11.3 Å². The molecule has 0 aliphatic carbocycles. The fourth-order valence-corrected chi connectivity index (χ4v) is 1.50. The average Bonchev–Trinajstić information content (AvgIpc) is 2.87. The minimum atomic E-state index is -0.329. The number of hydrogen-bond acceptors (Lipinski definition) is 8. The molecule has 19 heavy (non-hydrogen) atoms. The fourth-order valence-electron chi connectivity index (χ4n) is 1.50. The second-order valence-electron chi connectivity index (χ2n) is 3.61. The van der Waals surface area contributed by atoms with Gasteiger partial charge in [-0.05, 0) is 34.6 Å². The van der Waals surface area contributed by atoms with Crippen molar-refractivity contribution < 1.29 is 9.02 Å². The summed E-state index contributed by atoms with van der Waals surface area (Å²) in [6.07, 6.45) is 0. The number of nitrogens with two attached hydrogens (primary N) is 1. The van der Waals surface area contributed by atoms with E-state index in [2.05, 4.69) is 35.7 Å². The third-order valence-electron chi connectivity index (χ3n) is 2.36. The smallest absolute Gasteiger partial charge is 0.245 e. The van der Waals surface area contributed by atoms with Crippen LogP contribution in [0.3, 0.4) is 0 Å². The highest BCUT2D eigenvalue weighted by Gasteiger charge is 2.11. The summed E-state index contributed by atoms with van der Waals surface area (Å²) in [6.45, 7) is 0. The highest BCUT2D eigenvalue weighted by atomic mass is 19.1. The lowest BCUT2D eigenvalue weighted by molar-refractivity contribution is 0.314. The van der Waals surface area contributed by atoms with Crippen molar-refractivity contribution >= 4 is 28.6 Å². The summed E-state index contributed by atoms with van der Waals surface area (Å²) in [5.41, 5.74) is 3.49. The standard InChI is InChI=1S/C10H8FN7O/c11-5-1-3-6(4-2-5)13-7-8(16-12)15-10-9(14-7)17-19-18-10/h1-4H,12H2,(H,13,14,17)(H,15,16,18). The van der Waals surface area contributed by atoms with Gasteiger partial charge < -0.3 is 10.7 Å². The molecule has 0 unspecified atom stereocenters. The Balaban J connectivity index is 2.00. The number of halogens is 1. The first-order chi connectivity index (χ1) is 9.26. The van der Waals surface area contributed by atoms with Crippen molar-refractivity contribution in [2.24, 2.45) is 5.84 Å². The van der Waals surface area contributed by atoms with Crippen LogP contribution >= 0.6 is 0 Å². The molecule has 0 aliphatic heterocycles. The number of nitrogen functional groups attached to an aromatic ring is 1. The summed E-state index contributed by atoms with van der Waals surface area (Å²) in [7, 11) is 0. The molecular formula is C10H8FN7O. The largest absolute Gasteiger partial charge is 0.337 e. The van der Waals surface area contributed by atoms with Crippen LogP contribution in [0.4, 0.5) is 21.7 Å². The Morgan fingerprint density at radius 3 is 2.26 bits per heavy atom. The van der Waals surface area contributed by atoms with Gasteiger partial charge in [-0.1, -0.05) is 0 Å². The number of aromatic nitrogens is 4. The minimum Gasteiger partial charge on any atom is -0.337 e. The molecule has 0 fully saturated rings. The van der Waals surface area contributed by atoms with Gasteiger partial charge in [0, 0.05) is 5.69 Å². The molecule has 0 radical (unpaired) electrons. The summed E-state index contributed by atoms with van der Waals surface area (Å²) >= 11 is 0. The van der Waals surface area contributed by atoms with Gasteiger partial charge in [-0.2, -0.15) is 4.98 Å². The fraction of sp³-hybridized carbons (Fsp3) is 0. The predicted octanol–water partition coefficient (Wildman–Crippen LogP) is 1.18. The summed E-state index contributed by atoms with van der Waals surface area (Å²) in [5, 5.41) is 10.1. The quantitative estimate of drug-likeness (QED) is 0.475. The zero-order valence-electron chi connectivity index (χ0n) is 9.46. The van der Waals surface area contributed by atoms with Gasteiger partial charge >= 0.3 is 0 Å². The van der Waals surface area contributed by atoms with Crippen LogP contribution in [-0.4, -0.2) is 20.3 Å². The lowest BCUT2D eigenvalue weighted by atomic mass is 10.3. The molecule has 2 aromatic heterocycles. The molecule has 4 N–H and O–H groups in total. The third kappa shape index (κ3) is 2.13. The Morgan fingerprint density at radius 2 is 1.63 bits per heavy atom. The van der Waals surface area contributed by atoms with Crippen molar-refractivity contribution in [3.05, 3.63) is 30.1 Å². The number of nitrogens with zero attached hydrogens (tertiary/aromatic N) is 4. The zero-order valence-corrected chi connectivity index (χ0v) is 9.46. The van der Waals surface area contributed by atoms with E-state index in [9.17, 15) is 4.39 Å². The number of hydrazine groups is 1. The molecule has 0 bridgehead atoms. The molecule has 0 aliphatic rings. The van der Waals surface area contributed by atoms with Crippen LogP contribution in [0.1, 0.15) is 0 Å². The van der Waals surface area contributed by atoms with Crippen LogP contribution < -0.4 is 16.6 Å². The van der Waals surface area contributed by atoms with Gasteiger partial charge in [-0.3, -0.25) is 0 Å². The lowest BCUT2D eigenvalue weighted by Crippen LogP contribution is -2.12. The first-order valence-corrected chi connectivity index (χ1v) is 5.26. The van der Waals surface area contributed by atoms with Crippen LogP contribution in [0.5, 0.6) is 0 Å². The van der Waals surface area contributed by atoms with Gasteiger partial charge in [0.1, 0.15) is 5.82 Å². The predicted molar refractivity (Wildman–Crippen MR) is 64.9 cm³/mol. The second-order valence-corrected chi connectivity index (χ2v) is 3.61. The molecule has 0 saturated heterocycles. The van der Waals surface area contributed by atoms with Gasteiger partial charge in [0.05, 0.1) is 0 Å². The molecule has 96 valence electrons. The number of anilines is 3. The van der Waals surface area contributed by atoms with Gasteiger partial charge in [-0.15, -0.1) is 0 Å².